The molecule has 2 N–H and O–H groups in total. The normalized spacial score (nSPS) is 13.4. The zero-order valence-electron chi connectivity index (χ0n) is 17.6. The van der Waals surface area contributed by atoms with E-state index in [9.17, 15) is 23.9 Å². The van der Waals surface area contributed by atoms with Crippen molar-refractivity contribution < 1.29 is 9.50 Å². The summed E-state index contributed by atoms with van der Waals surface area (Å²) in [6.07, 6.45) is 1.36. The molecule has 2 radical (unpaired) electrons. The molecule has 0 unspecified atom stereocenters. The first kappa shape index (κ1) is 20.8. The van der Waals surface area contributed by atoms with Crippen LogP contribution in [0.15, 0.2) is 62.9 Å². The third-order valence-corrected chi connectivity index (χ3v) is 5.73. The third-order valence-electron chi connectivity index (χ3n) is 5.73. The molecule has 0 saturated heterocycles. The van der Waals surface area contributed by atoms with Gasteiger partial charge in [0.15, 0.2) is 0 Å². The van der Waals surface area contributed by atoms with Crippen molar-refractivity contribution in [3.05, 3.63) is 85.5 Å². The Balaban J connectivity index is 1.90. The van der Waals surface area contributed by atoms with E-state index in [1.54, 1.807) is 0 Å². The predicted molar refractivity (Wildman–Crippen MR) is 124 cm³/mol. The van der Waals surface area contributed by atoms with E-state index in [2.05, 4.69) is 5.32 Å². The maximum absolute atomic E-state index is 14.5. The molecule has 33 heavy (non-hydrogen) atoms. The molecule has 2 aromatic carbocycles. The number of hydrogen-bond donors (Lipinski definition) is 2. The van der Waals surface area contributed by atoms with Gasteiger partial charge in [-0.15, -0.1) is 0 Å². The number of rotatable bonds is 4. The van der Waals surface area contributed by atoms with Crippen molar-refractivity contribution in [1.82, 2.24) is 13.7 Å². The van der Waals surface area contributed by atoms with Gasteiger partial charge in [0.2, 0.25) is 0 Å². The molecule has 1 aliphatic rings. The summed E-state index contributed by atoms with van der Waals surface area (Å²) in [4.78, 5) is 39.8. The molecular formula is C23H18BFN4O4. The summed E-state index contributed by atoms with van der Waals surface area (Å²) in [5.74, 6) is -0.653. The van der Waals surface area contributed by atoms with E-state index in [4.69, 9.17) is 7.85 Å². The minimum atomic E-state index is -0.654. The van der Waals surface area contributed by atoms with Crippen molar-refractivity contribution in [1.29, 1.82) is 0 Å². The summed E-state index contributed by atoms with van der Waals surface area (Å²) in [5.41, 5.74) is -0.919. The molecule has 164 valence electrons. The smallest absolute Gasteiger partial charge is 0.337 e. The minimum Gasteiger partial charge on any atom is -0.508 e. The van der Waals surface area contributed by atoms with Crippen LogP contribution in [0.5, 0.6) is 5.75 Å². The van der Waals surface area contributed by atoms with E-state index >= 15 is 0 Å². The summed E-state index contributed by atoms with van der Waals surface area (Å²) in [6.45, 7) is 0. The molecule has 8 nitrogen and oxygen atoms in total. The number of nitrogens with one attached hydrogen (secondary N) is 1. The molecule has 0 amide bonds. The monoisotopic (exact) mass is 444 g/mol. The van der Waals surface area contributed by atoms with Crippen molar-refractivity contribution in [2.45, 2.75) is 18.9 Å². The molecule has 0 aliphatic heterocycles. The van der Waals surface area contributed by atoms with Crippen molar-refractivity contribution >= 4 is 35.7 Å². The molecule has 0 bridgehead atoms. The highest BCUT2D eigenvalue weighted by Crippen LogP contribution is 2.33. The van der Waals surface area contributed by atoms with Gasteiger partial charge in [-0.05, 0) is 49.2 Å². The molecule has 10 heteroatoms. The lowest BCUT2D eigenvalue weighted by molar-refractivity contribution is 0.475. The van der Waals surface area contributed by atoms with Gasteiger partial charge in [-0.2, -0.15) is 0 Å². The largest absolute Gasteiger partial charge is 0.508 e. The highest BCUT2D eigenvalue weighted by molar-refractivity contribution is 6.32. The van der Waals surface area contributed by atoms with Crippen LogP contribution in [0.3, 0.4) is 0 Å². The van der Waals surface area contributed by atoms with Crippen LogP contribution >= 0.6 is 0 Å². The Kier molecular flexibility index (Phi) is 4.73. The van der Waals surface area contributed by atoms with Crippen LogP contribution in [-0.2, 0) is 7.05 Å². The van der Waals surface area contributed by atoms with E-state index in [1.165, 1.54) is 63.2 Å². The molecule has 2 aromatic heterocycles. The van der Waals surface area contributed by atoms with Crippen LogP contribution in [0.1, 0.15) is 18.9 Å². The molecule has 1 saturated carbocycles. The summed E-state index contributed by atoms with van der Waals surface area (Å²) in [6, 6.07) is 10.8. The highest BCUT2D eigenvalue weighted by atomic mass is 19.1. The Morgan fingerprint density at radius 2 is 1.73 bits per heavy atom. The fraction of sp³-hybridized carbons (Fsp3) is 0.174. The van der Waals surface area contributed by atoms with Gasteiger partial charge >= 0.3 is 5.69 Å². The number of fused-ring (bicyclic) bond motifs is 1. The fourth-order valence-corrected chi connectivity index (χ4v) is 3.93. The zero-order chi connectivity index (χ0) is 23.4. The van der Waals surface area contributed by atoms with Crippen LogP contribution in [0.25, 0.3) is 16.7 Å². The van der Waals surface area contributed by atoms with E-state index < -0.39 is 22.6 Å². The number of pyridine rings is 1. The zero-order valence-corrected chi connectivity index (χ0v) is 17.6. The van der Waals surface area contributed by atoms with Gasteiger partial charge in [0, 0.05) is 19.2 Å². The average Bonchev–Trinajstić information content (AvgIpc) is 3.59. The van der Waals surface area contributed by atoms with E-state index in [0.717, 1.165) is 6.07 Å². The molecule has 0 spiro atoms. The van der Waals surface area contributed by atoms with Crippen molar-refractivity contribution in [2.24, 2.45) is 7.05 Å². The fourth-order valence-electron chi connectivity index (χ4n) is 3.93. The van der Waals surface area contributed by atoms with Crippen LogP contribution in [-0.4, -0.2) is 26.7 Å². The van der Waals surface area contributed by atoms with E-state index in [1.807, 2.05) is 0 Å². The van der Waals surface area contributed by atoms with E-state index in [-0.39, 0.29) is 39.7 Å². The SMILES string of the molecule is [B]c1ccc(Nc2cc(=O)n(C)c3c2c(=O)n(C2CC2)c(=O)n3-c2ccc(O)cc2)c(F)c1. The minimum absolute atomic E-state index is 0.00156. The van der Waals surface area contributed by atoms with Gasteiger partial charge < -0.3 is 10.4 Å². The number of hydrogen-bond acceptors (Lipinski definition) is 5. The Bertz CT molecular complexity index is 1600. The van der Waals surface area contributed by atoms with Gasteiger partial charge in [-0.25, -0.2) is 13.8 Å². The highest BCUT2D eigenvalue weighted by Gasteiger charge is 2.31. The summed E-state index contributed by atoms with van der Waals surface area (Å²) in [5, 5.41) is 12.6. The lowest BCUT2D eigenvalue weighted by atomic mass is 9.96. The first-order chi connectivity index (χ1) is 15.8. The van der Waals surface area contributed by atoms with Crippen LogP contribution in [0.4, 0.5) is 15.8 Å². The molecule has 5 rings (SSSR count). The molecule has 1 aliphatic carbocycles. The third kappa shape index (κ3) is 3.43. The summed E-state index contributed by atoms with van der Waals surface area (Å²) < 4.78 is 18.1. The average molecular weight is 444 g/mol. The molecule has 0 atom stereocenters. The number of aromatic nitrogens is 3. The van der Waals surface area contributed by atoms with Crippen LogP contribution in [0.2, 0.25) is 0 Å². The Labute approximate surface area is 187 Å². The van der Waals surface area contributed by atoms with Gasteiger partial charge in [0.1, 0.15) is 30.4 Å². The summed E-state index contributed by atoms with van der Waals surface area (Å²) >= 11 is 0. The number of anilines is 2. The van der Waals surface area contributed by atoms with Crippen molar-refractivity contribution in [2.75, 3.05) is 5.32 Å². The summed E-state index contributed by atoms with van der Waals surface area (Å²) in [7, 11) is 7.07. The molecular weight excluding hydrogens is 426 g/mol. The second kappa shape index (κ2) is 7.51. The van der Waals surface area contributed by atoms with Crippen LogP contribution in [0, 0.1) is 5.82 Å². The Morgan fingerprint density at radius 3 is 2.36 bits per heavy atom. The van der Waals surface area contributed by atoms with Gasteiger partial charge in [-0.1, -0.05) is 11.5 Å². The maximum atomic E-state index is 14.5. The quantitative estimate of drug-likeness (QED) is 0.466. The Hall–Kier alpha value is -4.08. The number of aryl methyl sites for hydroxylation is 1. The number of phenols is 1. The maximum Gasteiger partial charge on any atom is 0.337 e. The number of benzene rings is 2. The second-order valence-corrected chi connectivity index (χ2v) is 8.06. The number of nitrogens with zero attached hydrogens (tertiary/aromatic N) is 3. The molecule has 2 heterocycles. The second-order valence-electron chi connectivity index (χ2n) is 8.06. The van der Waals surface area contributed by atoms with Gasteiger partial charge in [-0.3, -0.25) is 18.7 Å². The molecule has 4 aromatic rings. The van der Waals surface area contributed by atoms with Crippen molar-refractivity contribution in [3.63, 3.8) is 0 Å². The lowest BCUT2D eigenvalue weighted by Crippen LogP contribution is -2.41. The standard InChI is InChI=1S/C23H18BFN4O4/c1-27-19(31)11-18(26-17-9-2-12(24)10-16(17)25)20-21(27)28(13-5-7-15(30)8-6-13)23(33)29(22(20)32)14-3-4-14/h2,5-11,14,26,30H,3-4H2,1H3. The number of phenolic OH excluding ortho intramolecular Hbond substituents is 1. The first-order valence-corrected chi connectivity index (χ1v) is 10.3. The number of halogens is 1. The Morgan fingerprint density at radius 1 is 1.03 bits per heavy atom. The van der Waals surface area contributed by atoms with Gasteiger partial charge in [0.05, 0.1) is 17.1 Å². The van der Waals surface area contributed by atoms with E-state index in [0.29, 0.717) is 18.5 Å². The lowest BCUT2D eigenvalue weighted by Gasteiger charge is -2.19. The topological polar surface area (TPSA) is 98.3 Å². The van der Waals surface area contributed by atoms with Gasteiger partial charge in [0.25, 0.3) is 11.1 Å². The van der Waals surface area contributed by atoms with Crippen LogP contribution < -0.4 is 27.6 Å². The number of aromatic hydroxyl groups is 1. The van der Waals surface area contributed by atoms with Crippen molar-refractivity contribution in [3.8, 4) is 11.4 Å². The molecule has 1 fully saturated rings. The first-order valence-electron chi connectivity index (χ1n) is 10.3. The predicted octanol–water partition coefficient (Wildman–Crippen LogP) is 1.57.